The minimum Gasteiger partial charge on any atom is -0.461 e. The van der Waals surface area contributed by atoms with Gasteiger partial charge in [0.25, 0.3) is 0 Å². The van der Waals surface area contributed by atoms with Crippen LogP contribution in [-0.4, -0.2) is 21.4 Å². The molecule has 6 heteroatoms. The highest BCUT2D eigenvalue weighted by atomic mass is 19.1. The molecule has 0 radical (unpaired) electrons. The molecule has 1 aromatic heterocycles. The van der Waals surface area contributed by atoms with Crippen LogP contribution >= 0.6 is 0 Å². The van der Waals surface area contributed by atoms with Gasteiger partial charge in [-0.2, -0.15) is 15.4 Å². The number of hydrogen-bond donors (Lipinski definition) is 1. The average Bonchev–Trinajstić information content (AvgIpc) is 3.22. The quantitative estimate of drug-likeness (QED) is 0.752. The molecular formula is C17H14FN3O2. The first-order chi connectivity index (χ1) is 11.2. The SMILES string of the molecule is O=C(OCc1ccc2n[nH]nc2c1)[C@H]1C[C@H]1c1ccccc1F. The van der Waals surface area contributed by atoms with Crippen molar-refractivity contribution in [3.05, 3.63) is 59.4 Å². The Bertz CT molecular complexity index is 877. The Kier molecular flexibility index (Phi) is 3.29. The molecule has 1 saturated carbocycles. The highest BCUT2D eigenvalue weighted by Crippen LogP contribution is 2.48. The van der Waals surface area contributed by atoms with E-state index in [1.54, 1.807) is 18.2 Å². The summed E-state index contributed by atoms with van der Waals surface area (Å²) in [5.74, 6) is -0.854. The van der Waals surface area contributed by atoms with Crippen LogP contribution in [0.5, 0.6) is 0 Å². The maximum atomic E-state index is 13.7. The summed E-state index contributed by atoms with van der Waals surface area (Å²) >= 11 is 0. The maximum Gasteiger partial charge on any atom is 0.309 e. The second-order valence-corrected chi connectivity index (χ2v) is 5.72. The van der Waals surface area contributed by atoms with E-state index in [1.807, 2.05) is 18.2 Å². The second kappa shape index (κ2) is 5.46. The van der Waals surface area contributed by atoms with Crippen molar-refractivity contribution in [3.63, 3.8) is 0 Å². The van der Waals surface area contributed by atoms with Crippen molar-refractivity contribution < 1.29 is 13.9 Å². The predicted molar refractivity (Wildman–Crippen MR) is 80.9 cm³/mol. The molecule has 0 spiro atoms. The number of nitrogens with one attached hydrogen (secondary N) is 1. The van der Waals surface area contributed by atoms with Gasteiger partial charge in [0.2, 0.25) is 0 Å². The number of rotatable bonds is 4. The summed E-state index contributed by atoms with van der Waals surface area (Å²) in [6.45, 7) is 0.183. The first kappa shape index (κ1) is 13.9. The third-order valence-electron chi connectivity index (χ3n) is 4.16. The maximum absolute atomic E-state index is 13.7. The minimum atomic E-state index is -0.279. The molecular weight excluding hydrogens is 297 g/mol. The van der Waals surface area contributed by atoms with Crippen molar-refractivity contribution in [3.8, 4) is 0 Å². The molecule has 4 rings (SSSR count). The van der Waals surface area contributed by atoms with Crippen LogP contribution in [0.2, 0.25) is 0 Å². The molecule has 23 heavy (non-hydrogen) atoms. The van der Waals surface area contributed by atoms with Gasteiger partial charge in [-0.05, 0) is 35.7 Å². The van der Waals surface area contributed by atoms with Crippen LogP contribution in [0.4, 0.5) is 4.39 Å². The number of esters is 1. The van der Waals surface area contributed by atoms with Gasteiger partial charge in [0, 0.05) is 5.92 Å². The van der Waals surface area contributed by atoms with Crippen molar-refractivity contribution >= 4 is 17.0 Å². The fraction of sp³-hybridized carbons (Fsp3) is 0.235. The van der Waals surface area contributed by atoms with Crippen molar-refractivity contribution in [2.75, 3.05) is 0 Å². The van der Waals surface area contributed by atoms with Gasteiger partial charge < -0.3 is 4.74 Å². The molecule has 1 aliphatic rings. The highest BCUT2D eigenvalue weighted by molar-refractivity contribution is 5.78. The standard InChI is InChI=1S/C17H14FN3O2/c18-14-4-2-1-3-11(14)12-8-13(12)17(22)23-9-10-5-6-15-16(7-10)20-21-19-15/h1-7,12-13H,8-9H2,(H,19,20,21)/t12-,13-/m0/s1. The summed E-state index contributed by atoms with van der Waals surface area (Å²) in [6, 6.07) is 12.1. The smallest absolute Gasteiger partial charge is 0.309 e. The van der Waals surface area contributed by atoms with E-state index >= 15 is 0 Å². The number of H-pyrrole nitrogens is 1. The second-order valence-electron chi connectivity index (χ2n) is 5.72. The van der Waals surface area contributed by atoms with Crippen LogP contribution < -0.4 is 0 Å². The number of nitrogens with zero attached hydrogens (tertiary/aromatic N) is 2. The molecule has 5 nitrogen and oxygen atoms in total. The first-order valence-electron chi connectivity index (χ1n) is 7.43. The van der Waals surface area contributed by atoms with Gasteiger partial charge >= 0.3 is 5.97 Å². The number of carbonyl (C=O) groups excluding carboxylic acids is 1. The van der Waals surface area contributed by atoms with Crippen LogP contribution in [0.15, 0.2) is 42.5 Å². The Morgan fingerprint density at radius 1 is 1.22 bits per heavy atom. The summed E-state index contributed by atoms with van der Waals surface area (Å²) in [7, 11) is 0. The van der Waals surface area contributed by atoms with Crippen LogP contribution in [0.25, 0.3) is 11.0 Å². The van der Waals surface area contributed by atoms with Gasteiger partial charge in [0.05, 0.1) is 5.92 Å². The summed E-state index contributed by atoms with van der Waals surface area (Å²) in [4.78, 5) is 12.1. The third kappa shape index (κ3) is 2.67. The Hall–Kier alpha value is -2.76. The topological polar surface area (TPSA) is 67.9 Å². The molecule has 1 heterocycles. The number of aromatic amines is 1. The van der Waals surface area contributed by atoms with Crippen molar-refractivity contribution in [1.29, 1.82) is 0 Å². The number of benzene rings is 2. The zero-order valence-electron chi connectivity index (χ0n) is 12.2. The lowest BCUT2D eigenvalue weighted by atomic mass is 10.1. The normalized spacial score (nSPS) is 19.7. The minimum absolute atomic E-state index is 0.0679. The summed E-state index contributed by atoms with van der Waals surface area (Å²) in [5.41, 5.74) is 2.94. The molecule has 1 fully saturated rings. The van der Waals surface area contributed by atoms with Crippen molar-refractivity contribution in [1.82, 2.24) is 15.4 Å². The molecule has 2 aromatic carbocycles. The van der Waals surface area contributed by atoms with Crippen LogP contribution in [0.1, 0.15) is 23.5 Å². The van der Waals surface area contributed by atoms with E-state index < -0.39 is 0 Å². The van der Waals surface area contributed by atoms with E-state index in [-0.39, 0.29) is 30.2 Å². The van der Waals surface area contributed by atoms with E-state index in [0.717, 1.165) is 16.6 Å². The number of aromatic nitrogens is 3. The number of halogens is 1. The predicted octanol–water partition coefficient (Wildman–Crippen LogP) is 2.94. The molecule has 0 bridgehead atoms. The third-order valence-corrected chi connectivity index (χ3v) is 4.16. The number of hydrogen-bond acceptors (Lipinski definition) is 4. The Morgan fingerprint density at radius 3 is 2.91 bits per heavy atom. The van der Waals surface area contributed by atoms with Gasteiger partial charge in [-0.3, -0.25) is 4.79 Å². The van der Waals surface area contributed by atoms with Gasteiger partial charge in [-0.25, -0.2) is 4.39 Å². The lowest BCUT2D eigenvalue weighted by molar-refractivity contribution is -0.146. The van der Waals surface area contributed by atoms with E-state index in [1.165, 1.54) is 6.07 Å². The van der Waals surface area contributed by atoms with Gasteiger partial charge in [-0.15, -0.1) is 0 Å². The lowest BCUT2D eigenvalue weighted by Gasteiger charge is -2.05. The van der Waals surface area contributed by atoms with E-state index in [0.29, 0.717) is 12.0 Å². The lowest BCUT2D eigenvalue weighted by Crippen LogP contribution is -2.08. The summed E-state index contributed by atoms with van der Waals surface area (Å²) in [5, 5.41) is 10.5. The van der Waals surface area contributed by atoms with Crippen LogP contribution in [0, 0.1) is 11.7 Å². The molecule has 2 atom stereocenters. The molecule has 0 aliphatic heterocycles. The van der Waals surface area contributed by atoms with E-state index in [9.17, 15) is 9.18 Å². The fourth-order valence-electron chi connectivity index (χ4n) is 2.81. The molecule has 0 saturated heterocycles. The monoisotopic (exact) mass is 311 g/mol. The molecule has 0 amide bonds. The zero-order chi connectivity index (χ0) is 15.8. The molecule has 0 unspecified atom stereocenters. The molecule has 1 aliphatic carbocycles. The average molecular weight is 311 g/mol. The van der Waals surface area contributed by atoms with Crippen LogP contribution in [0.3, 0.4) is 0 Å². The van der Waals surface area contributed by atoms with Crippen molar-refractivity contribution in [2.45, 2.75) is 18.9 Å². The number of ether oxygens (including phenoxy) is 1. The van der Waals surface area contributed by atoms with Crippen molar-refractivity contribution in [2.24, 2.45) is 5.92 Å². The summed E-state index contributed by atoms with van der Waals surface area (Å²) < 4.78 is 19.1. The van der Waals surface area contributed by atoms with E-state index in [4.69, 9.17) is 4.74 Å². The Labute approximate surface area is 131 Å². The first-order valence-corrected chi connectivity index (χ1v) is 7.43. The van der Waals surface area contributed by atoms with Gasteiger partial charge in [0.1, 0.15) is 23.5 Å². The Morgan fingerprint density at radius 2 is 2.04 bits per heavy atom. The molecule has 3 aromatic rings. The Balaban J connectivity index is 1.38. The van der Waals surface area contributed by atoms with E-state index in [2.05, 4.69) is 15.4 Å². The van der Waals surface area contributed by atoms with Gasteiger partial charge in [0.15, 0.2) is 0 Å². The number of carbonyl (C=O) groups is 1. The molecule has 1 N–H and O–H groups in total. The molecule has 116 valence electrons. The number of fused-ring (bicyclic) bond motifs is 1. The fourth-order valence-corrected chi connectivity index (χ4v) is 2.81. The zero-order valence-corrected chi connectivity index (χ0v) is 12.2. The largest absolute Gasteiger partial charge is 0.461 e. The van der Waals surface area contributed by atoms with Crippen LogP contribution in [-0.2, 0) is 16.1 Å². The van der Waals surface area contributed by atoms with Gasteiger partial charge in [-0.1, -0.05) is 24.3 Å². The highest BCUT2D eigenvalue weighted by Gasteiger charge is 2.46. The summed E-state index contributed by atoms with van der Waals surface area (Å²) in [6.07, 6.45) is 0.641.